The van der Waals surface area contributed by atoms with Crippen LogP contribution in [0.3, 0.4) is 0 Å². The lowest BCUT2D eigenvalue weighted by molar-refractivity contribution is -0.893. The number of amides is 4. The first-order valence-electron chi connectivity index (χ1n) is 46.2. The zero-order valence-electron chi connectivity index (χ0n) is 80.5. The molecule has 8 aliphatic heterocycles. The van der Waals surface area contributed by atoms with Gasteiger partial charge in [0, 0.05) is 91.4 Å². The van der Waals surface area contributed by atoms with Gasteiger partial charge in [-0.05, 0) is 141 Å². The molecule has 4 aliphatic carbocycles. The Morgan fingerprint density at radius 2 is 0.703 bits per heavy atom. The molecular formula is C102H132N8O24S4. The number of methoxy groups -OCH3 is 6. The van der Waals surface area contributed by atoms with Crippen LogP contribution < -0.4 is 79.2 Å². The van der Waals surface area contributed by atoms with E-state index in [0.29, 0.717) is 43.6 Å². The molecule has 0 bridgehead atoms. The predicted octanol–water partition coefficient (Wildman–Crippen LogP) is 7.07. The summed E-state index contributed by atoms with van der Waals surface area (Å²) in [4.78, 5) is 105. The van der Waals surface area contributed by atoms with Crippen molar-refractivity contribution < 1.29 is 125 Å². The van der Waals surface area contributed by atoms with Crippen LogP contribution in [0.5, 0.6) is 46.0 Å². The molecular weight excluding hydrogens is 1850 g/mol. The molecule has 0 saturated heterocycles. The van der Waals surface area contributed by atoms with E-state index < -0.39 is 96.8 Å². The number of nitrogens with one attached hydrogen (secondary N) is 6. The highest BCUT2D eigenvalue weighted by molar-refractivity contribution is 7.59. The van der Waals surface area contributed by atoms with Crippen molar-refractivity contribution >= 4 is 102 Å². The third-order valence-corrected chi connectivity index (χ3v) is 28.3. The summed E-state index contributed by atoms with van der Waals surface area (Å²) in [7, 11) is 17.8. The maximum Gasteiger partial charge on any atom is 0.408 e. The fraction of sp³-hybridized carbons (Fsp3) is 0.490. The predicted molar refractivity (Wildman–Crippen MR) is 528 cm³/mol. The number of hydrogen-bond acceptors (Lipinski definition) is 26. The van der Waals surface area contributed by atoms with Gasteiger partial charge in [-0.2, -0.15) is 54.0 Å². The van der Waals surface area contributed by atoms with Crippen LogP contribution in [0.1, 0.15) is 135 Å². The molecule has 0 fully saturated rings. The summed E-state index contributed by atoms with van der Waals surface area (Å²) in [5.74, 6) is 1.87. The van der Waals surface area contributed by atoms with E-state index in [9.17, 15) is 48.6 Å². The maximum atomic E-state index is 12.8. The Kier molecular flexibility index (Phi) is 35.7. The second-order valence-corrected chi connectivity index (χ2v) is 37.7. The van der Waals surface area contributed by atoms with E-state index in [-0.39, 0.29) is 118 Å². The van der Waals surface area contributed by atoms with Crippen molar-refractivity contribution in [1.82, 2.24) is 31.1 Å². The summed E-state index contributed by atoms with van der Waals surface area (Å²) < 4.78 is 80.4. The molecule has 748 valence electrons. The number of esters is 2. The molecule has 4 spiro atoms. The van der Waals surface area contributed by atoms with E-state index in [1.807, 2.05) is 111 Å². The lowest BCUT2D eigenvalue weighted by Gasteiger charge is -2.36. The molecule has 6 aromatic carbocycles. The molecule has 8 heterocycles. The largest absolute Gasteiger partial charge is 0.548 e. The Balaban J connectivity index is 0.000000175. The number of nitrogens with zero attached hydrogens (tertiary/aromatic N) is 2. The summed E-state index contributed by atoms with van der Waals surface area (Å²) >= 11 is 0. The Hall–Kier alpha value is -11.1. The summed E-state index contributed by atoms with van der Waals surface area (Å²) in [6, 6.07) is 30.9. The van der Waals surface area contributed by atoms with Gasteiger partial charge in [-0.3, -0.25) is 0 Å². The minimum atomic E-state index is -1.36. The number of carbonyl (C=O) groups excluding carboxylic acids is 8. The van der Waals surface area contributed by atoms with Crippen molar-refractivity contribution in [2.45, 2.75) is 213 Å². The zero-order chi connectivity index (χ0) is 95.2. The summed E-state index contributed by atoms with van der Waals surface area (Å²) in [5, 5.41) is 33.0. The van der Waals surface area contributed by atoms with E-state index in [1.165, 1.54) is 68.5 Å². The van der Waals surface area contributed by atoms with Crippen LogP contribution in [-0.4, -0.2) is 228 Å². The van der Waals surface area contributed by atoms with Crippen LogP contribution in [0.15, 0.2) is 158 Å². The van der Waals surface area contributed by atoms with Gasteiger partial charge in [0.2, 0.25) is 0 Å². The first-order valence-corrected chi connectivity index (χ1v) is 46.2. The summed E-state index contributed by atoms with van der Waals surface area (Å²) in [6.07, 6.45) is 16.7. The van der Waals surface area contributed by atoms with Gasteiger partial charge >= 0.3 is 36.3 Å². The Labute approximate surface area is 833 Å². The van der Waals surface area contributed by atoms with Crippen molar-refractivity contribution in [2.24, 2.45) is 11.8 Å². The monoisotopic (exact) mass is 1980 g/mol. The number of carboxylic acids is 2. The fourth-order valence-corrected chi connectivity index (χ4v) is 21.4. The third-order valence-electron chi connectivity index (χ3n) is 28.3. The number of ether oxygens (including phenoxy) is 14. The molecule has 12 aliphatic rings. The topological polar surface area (TPSA) is 375 Å². The van der Waals surface area contributed by atoms with E-state index in [0.717, 1.165) is 124 Å². The number of carbonyl (C=O) groups is 8. The van der Waals surface area contributed by atoms with E-state index >= 15 is 0 Å². The smallest absolute Gasteiger partial charge is 0.408 e. The van der Waals surface area contributed by atoms with Gasteiger partial charge < -0.3 is 127 Å². The molecule has 32 nitrogen and oxygen atoms in total. The van der Waals surface area contributed by atoms with Crippen molar-refractivity contribution in [1.29, 1.82) is 0 Å². The van der Waals surface area contributed by atoms with Crippen LogP contribution in [0.2, 0.25) is 0 Å². The van der Waals surface area contributed by atoms with Crippen LogP contribution >= 0.6 is 54.0 Å². The number of quaternary nitrogens is 2. The molecule has 18 atom stereocenters. The number of alkyl carbamates (subject to hydrolysis) is 4. The van der Waals surface area contributed by atoms with Crippen LogP contribution in [-0.2, 0) is 108 Å². The number of benzene rings is 6. The third kappa shape index (κ3) is 22.3. The lowest BCUT2D eigenvalue weighted by Crippen LogP contribution is -3.07. The number of hydrogen-bond donors (Lipinski definition) is 6. The summed E-state index contributed by atoms with van der Waals surface area (Å²) in [5.41, 5.74) is 10.3. The van der Waals surface area contributed by atoms with Crippen LogP contribution in [0.25, 0.3) is 0 Å². The highest BCUT2D eigenvalue weighted by atomic mass is 32.1. The Morgan fingerprint density at radius 1 is 0.399 bits per heavy atom. The molecule has 138 heavy (non-hydrogen) atoms. The first kappa shape index (κ1) is 107. The number of carboxylic acid groups (broad SMARTS) is 2. The minimum absolute atomic E-state index is 0. The molecule has 6 N–H and O–H groups in total. The van der Waals surface area contributed by atoms with Crippen molar-refractivity contribution in [3.05, 3.63) is 213 Å². The average Bonchev–Trinajstić information content (AvgIpc) is 1.58. The molecule has 18 rings (SSSR count). The number of rotatable bonds is 22. The second kappa shape index (κ2) is 45.9. The number of aliphatic carboxylic acids is 2. The van der Waals surface area contributed by atoms with Gasteiger partial charge in [-0.1, -0.05) is 125 Å². The van der Waals surface area contributed by atoms with E-state index in [1.54, 1.807) is 54.4 Å². The molecule has 0 aromatic heterocycles. The van der Waals surface area contributed by atoms with Crippen LogP contribution in [0.4, 0.5) is 19.2 Å². The molecule has 36 heteroatoms. The Morgan fingerprint density at radius 3 is 1.02 bits per heavy atom. The lowest BCUT2D eigenvalue weighted by atomic mass is 9.69. The molecule has 0 radical (unpaired) electrons. The zero-order valence-corrected chi connectivity index (χ0v) is 84.5. The standard InChI is InChI=1S/C28H32N2O6.C27H30N2O6.C24H32N2O6.C23H30N2O6.4H2S/c1-30-14-13-28-12-11-20(16-23(28)36-25-22(33-2)10-9-19(17-30)24(25)28)35-27(32)29-21(26(31)34-3)15-18-7-5-4-6-8-18;1-29-13-12-27-11-10-19(15-22(27)35-24-21(33-2)9-8-18(16-29)23(24)27)34-26(32)28-20(25(30)31)14-17-6-4-3-5-7-17;1-14(2)20(22(27)30-5)25-23(28)31-16-8-9-24-10-11-26(3)13-15-6-7-17(29-4)21(19(15)24)32-18(24)12-16;1-13(2)19(21(26)27)24-22(28)30-15-7-8-23-9-10-25(3)12-14-5-6-16(29-4)20(18(14)23)31-17(23)11-15;;;;/h4-12,20-21,23H,13-17H2,1-3H3,(H,29,32);3-11,19-20,22H,12-16H2,1-2H3,(H,28,32)(H,30,31);6-9,14,16,18,20H,10-13H2,1-5H3,(H,25,28);5-8,13,15,17,19H,9-12H2,1-4H3,(H,24,28)(H,26,27);4*1H2/t20-,21-,23-,28-;19-,20-,22-,27-;16-,18-,20-,24-;15-,17-,19-,23-;;;;/m0000..../s1. The normalized spacial score (nSPS) is 26.2. The fourth-order valence-electron chi connectivity index (χ4n) is 21.4. The van der Waals surface area contributed by atoms with Crippen molar-refractivity contribution in [3.63, 3.8) is 0 Å². The highest BCUT2D eigenvalue weighted by Gasteiger charge is 2.59. The molecule has 6 aromatic rings. The maximum absolute atomic E-state index is 12.8. The first-order chi connectivity index (χ1) is 64.4. The van der Waals surface area contributed by atoms with Gasteiger partial charge in [0.15, 0.2) is 46.0 Å². The SMILES string of the molecule is COC(=O)[C@@H](NC(=O)O[C@H]1C=C[C@@]23CCN(C)Cc4ccc(OC)c(c42)O[C@H]3C1)C(C)C.COC(=O)[C@H](Cc1ccccc1)NC(=O)O[C@H]1C=C[C@@]23CCN(C)Cc4ccc(OC)c(c42)O[C@H]3C1.COc1ccc2c3c1O[C@H]1C[C@@H](OC(=O)N[C@@H](Cc4ccccc4)C(=O)[O-])C=C[C@@]31CC[NH+](C)C2.COc1ccc2c3c1O[C@H]1C[C@@H](OC(=O)N[C@H](C(=O)[O-])C(C)C)C=C[C@@]31CC[NH+](C)C2.S.S.S.S. The molecule has 0 saturated carbocycles. The second-order valence-electron chi connectivity index (χ2n) is 37.7. The quantitative estimate of drug-likeness (QED) is 0.0225. The van der Waals surface area contributed by atoms with Gasteiger partial charge in [0.1, 0.15) is 74.0 Å². The minimum Gasteiger partial charge on any atom is -0.548 e. The van der Waals surface area contributed by atoms with Gasteiger partial charge in [-0.25, -0.2) is 28.8 Å². The van der Waals surface area contributed by atoms with Gasteiger partial charge in [0.05, 0.1) is 116 Å². The van der Waals surface area contributed by atoms with Gasteiger partial charge in [0.25, 0.3) is 0 Å². The van der Waals surface area contributed by atoms with E-state index in [2.05, 4.69) is 108 Å². The molecule has 2 unspecified atom stereocenters. The van der Waals surface area contributed by atoms with Gasteiger partial charge in [-0.15, -0.1) is 0 Å². The van der Waals surface area contributed by atoms with Crippen molar-refractivity contribution in [3.8, 4) is 46.0 Å². The molecule has 4 amide bonds. The van der Waals surface area contributed by atoms with E-state index in [4.69, 9.17) is 66.3 Å². The Bertz CT molecular complexity index is 5500. The van der Waals surface area contributed by atoms with Crippen molar-refractivity contribution in [2.75, 3.05) is 97.0 Å². The van der Waals surface area contributed by atoms with Crippen LogP contribution in [0, 0.1) is 11.8 Å². The average molecular weight is 1980 g/mol. The summed E-state index contributed by atoms with van der Waals surface area (Å²) in [6.45, 7) is 14.4. The highest BCUT2D eigenvalue weighted by Crippen LogP contribution is 2.60.